The van der Waals surface area contributed by atoms with Crippen LogP contribution in [0.3, 0.4) is 0 Å². The van der Waals surface area contributed by atoms with Crippen molar-refractivity contribution in [1.29, 1.82) is 0 Å². The summed E-state index contributed by atoms with van der Waals surface area (Å²) in [5.74, 6) is 0.319. The lowest BCUT2D eigenvalue weighted by Crippen LogP contribution is -2.44. The lowest BCUT2D eigenvalue weighted by Gasteiger charge is -2.29. The van der Waals surface area contributed by atoms with Gasteiger partial charge in [-0.2, -0.15) is 0 Å². The maximum Gasteiger partial charge on any atom is 0.236 e. The van der Waals surface area contributed by atoms with E-state index in [-0.39, 0.29) is 30.0 Å². The zero-order valence-electron chi connectivity index (χ0n) is 14.6. The highest BCUT2D eigenvalue weighted by molar-refractivity contribution is 7.91. The van der Waals surface area contributed by atoms with E-state index in [1.54, 1.807) is 19.1 Å². The van der Waals surface area contributed by atoms with E-state index in [9.17, 15) is 13.2 Å². The molecule has 1 unspecified atom stereocenters. The van der Waals surface area contributed by atoms with E-state index < -0.39 is 9.84 Å². The standard InChI is InChI=1S/C16H25ClN2O4S2/c1-18(10-14-4-5-15(17)24-14)16(20)11-19(7-3-8-23-2)13-6-9-25(21,22)12-13/h4-5,13H,3,6-12H2,1-2H3. The minimum Gasteiger partial charge on any atom is -0.385 e. The Morgan fingerprint density at radius 2 is 2.20 bits per heavy atom. The lowest BCUT2D eigenvalue weighted by atomic mass is 10.2. The molecule has 0 aromatic carbocycles. The van der Waals surface area contributed by atoms with Gasteiger partial charge in [-0.3, -0.25) is 9.69 Å². The van der Waals surface area contributed by atoms with Gasteiger partial charge in [-0.1, -0.05) is 11.6 Å². The number of methoxy groups -OCH3 is 1. The molecular weight excluding hydrogens is 384 g/mol. The van der Waals surface area contributed by atoms with Gasteiger partial charge in [0.1, 0.15) is 0 Å². The second kappa shape index (κ2) is 9.32. The van der Waals surface area contributed by atoms with Crippen molar-refractivity contribution in [3.8, 4) is 0 Å². The highest BCUT2D eigenvalue weighted by Crippen LogP contribution is 2.23. The summed E-state index contributed by atoms with van der Waals surface area (Å²) in [6.45, 7) is 1.97. The molecule has 1 saturated heterocycles. The molecule has 1 aliphatic rings. The van der Waals surface area contributed by atoms with E-state index in [1.807, 2.05) is 17.0 Å². The van der Waals surface area contributed by atoms with Crippen molar-refractivity contribution in [2.24, 2.45) is 0 Å². The Balaban J connectivity index is 1.95. The van der Waals surface area contributed by atoms with Gasteiger partial charge in [-0.25, -0.2) is 8.42 Å². The predicted molar refractivity (Wildman–Crippen MR) is 101 cm³/mol. The third-order valence-electron chi connectivity index (χ3n) is 4.30. The van der Waals surface area contributed by atoms with Crippen molar-refractivity contribution in [1.82, 2.24) is 9.80 Å². The maximum atomic E-state index is 12.6. The van der Waals surface area contributed by atoms with E-state index in [4.69, 9.17) is 16.3 Å². The first kappa shape index (κ1) is 20.6. The zero-order valence-corrected chi connectivity index (χ0v) is 17.0. The van der Waals surface area contributed by atoms with Crippen LogP contribution < -0.4 is 0 Å². The van der Waals surface area contributed by atoms with Crippen LogP contribution in [0.5, 0.6) is 0 Å². The number of sulfone groups is 1. The van der Waals surface area contributed by atoms with E-state index >= 15 is 0 Å². The van der Waals surface area contributed by atoms with Gasteiger partial charge in [0.15, 0.2) is 9.84 Å². The summed E-state index contributed by atoms with van der Waals surface area (Å²) in [4.78, 5) is 17.3. The van der Waals surface area contributed by atoms with Gasteiger partial charge in [0, 0.05) is 38.2 Å². The molecule has 0 saturated carbocycles. The molecule has 1 aliphatic heterocycles. The molecule has 2 heterocycles. The number of carbonyl (C=O) groups is 1. The molecule has 25 heavy (non-hydrogen) atoms. The molecule has 0 radical (unpaired) electrons. The molecule has 9 heteroatoms. The summed E-state index contributed by atoms with van der Waals surface area (Å²) >= 11 is 7.39. The fraction of sp³-hybridized carbons (Fsp3) is 0.688. The SMILES string of the molecule is COCCCN(CC(=O)N(C)Cc1ccc(Cl)s1)C1CCS(=O)(=O)C1. The molecule has 0 N–H and O–H groups in total. The van der Waals surface area contributed by atoms with E-state index in [1.165, 1.54) is 11.3 Å². The van der Waals surface area contributed by atoms with Crippen LogP contribution in [0.1, 0.15) is 17.7 Å². The molecule has 1 fully saturated rings. The summed E-state index contributed by atoms with van der Waals surface area (Å²) in [5, 5.41) is 0. The number of likely N-dealkylation sites (N-methyl/N-ethyl adjacent to an activating group) is 1. The minimum atomic E-state index is -2.98. The first-order valence-corrected chi connectivity index (χ1v) is 11.2. The van der Waals surface area contributed by atoms with Crippen LogP contribution in [-0.2, 0) is 25.9 Å². The number of hydrogen-bond donors (Lipinski definition) is 0. The number of ether oxygens (including phenoxy) is 1. The molecule has 1 aromatic rings. The van der Waals surface area contributed by atoms with Gasteiger partial charge in [-0.05, 0) is 25.0 Å². The molecule has 1 atom stereocenters. The molecule has 1 aromatic heterocycles. The van der Waals surface area contributed by atoms with Gasteiger partial charge in [0.25, 0.3) is 0 Å². The summed E-state index contributed by atoms with van der Waals surface area (Å²) in [7, 11) is 0.409. The number of amides is 1. The number of rotatable bonds is 9. The Hall–Kier alpha value is -0.670. The van der Waals surface area contributed by atoms with Crippen molar-refractivity contribution in [3.05, 3.63) is 21.3 Å². The number of carbonyl (C=O) groups excluding carboxylic acids is 1. The lowest BCUT2D eigenvalue weighted by molar-refractivity contribution is -0.132. The highest BCUT2D eigenvalue weighted by Gasteiger charge is 2.33. The van der Waals surface area contributed by atoms with Crippen molar-refractivity contribution in [2.45, 2.75) is 25.4 Å². The molecular formula is C16H25ClN2O4S2. The molecule has 6 nitrogen and oxygen atoms in total. The molecule has 2 rings (SSSR count). The fourth-order valence-electron chi connectivity index (χ4n) is 2.92. The van der Waals surface area contributed by atoms with Gasteiger partial charge in [0.2, 0.25) is 5.91 Å². The predicted octanol–water partition coefficient (Wildman–Crippen LogP) is 1.89. The zero-order chi connectivity index (χ0) is 18.4. The second-order valence-corrected chi connectivity index (χ2v) is 10.4. The quantitative estimate of drug-likeness (QED) is 0.583. The Bertz CT molecular complexity index is 677. The van der Waals surface area contributed by atoms with Gasteiger partial charge < -0.3 is 9.64 Å². The minimum absolute atomic E-state index is 0.0220. The molecule has 0 spiro atoms. The topological polar surface area (TPSA) is 66.9 Å². The molecule has 1 amide bonds. The van der Waals surface area contributed by atoms with Crippen molar-refractivity contribution >= 4 is 38.7 Å². The Morgan fingerprint density at radius 1 is 1.44 bits per heavy atom. The largest absolute Gasteiger partial charge is 0.385 e. The summed E-state index contributed by atoms with van der Waals surface area (Å²) in [5.41, 5.74) is 0. The van der Waals surface area contributed by atoms with Crippen LogP contribution in [0.25, 0.3) is 0 Å². The van der Waals surface area contributed by atoms with Crippen LogP contribution in [0.4, 0.5) is 0 Å². The Labute approximate surface area is 158 Å². The summed E-state index contributed by atoms with van der Waals surface area (Å²) in [6.07, 6.45) is 1.36. The van der Waals surface area contributed by atoms with Gasteiger partial charge in [0.05, 0.1) is 28.9 Å². The maximum absolute atomic E-state index is 12.6. The average molecular weight is 409 g/mol. The molecule has 142 valence electrons. The number of hydrogen-bond acceptors (Lipinski definition) is 6. The number of thiophene rings is 1. The second-order valence-electron chi connectivity index (χ2n) is 6.33. The third kappa shape index (κ3) is 6.53. The average Bonchev–Trinajstić information content (AvgIpc) is 3.11. The Morgan fingerprint density at radius 3 is 2.76 bits per heavy atom. The van der Waals surface area contributed by atoms with Crippen LogP contribution >= 0.6 is 22.9 Å². The highest BCUT2D eigenvalue weighted by atomic mass is 35.5. The third-order valence-corrected chi connectivity index (χ3v) is 7.27. The van der Waals surface area contributed by atoms with Crippen LogP contribution in [0, 0.1) is 0 Å². The van der Waals surface area contributed by atoms with Crippen LogP contribution in [-0.4, -0.2) is 75.5 Å². The smallest absolute Gasteiger partial charge is 0.236 e. The normalized spacial score (nSPS) is 19.4. The first-order valence-electron chi connectivity index (χ1n) is 8.22. The van der Waals surface area contributed by atoms with Crippen molar-refractivity contribution < 1.29 is 17.9 Å². The van der Waals surface area contributed by atoms with Crippen molar-refractivity contribution in [3.63, 3.8) is 0 Å². The van der Waals surface area contributed by atoms with Crippen LogP contribution in [0.15, 0.2) is 12.1 Å². The molecule has 0 aliphatic carbocycles. The van der Waals surface area contributed by atoms with Gasteiger partial charge >= 0.3 is 0 Å². The van der Waals surface area contributed by atoms with Crippen molar-refractivity contribution in [2.75, 3.05) is 45.4 Å². The summed E-state index contributed by atoms with van der Waals surface area (Å²) < 4.78 is 29.3. The number of halogens is 1. The van der Waals surface area contributed by atoms with E-state index in [0.717, 1.165) is 11.3 Å². The number of nitrogens with zero attached hydrogens (tertiary/aromatic N) is 2. The van der Waals surface area contributed by atoms with Crippen LogP contribution in [0.2, 0.25) is 4.34 Å². The monoisotopic (exact) mass is 408 g/mol. The Kier molecular flexibility index (Phi) is 7.69. The fourth-order valence-corrected chi connectivity index (χ4v) is 5.82. The van der Waals surface area contributed by atoms with Gasteiger partial charge in [-0.15, -0.1) is 11.3 Å². The first-order chi connectivity index (χ1) is 11.8. The van der Waals surface area contributed by atoms with E-state index in [2.05, 4.69) is 0 Å². The summed E-state index contributed by atoms with van der Waals surface area (Å²) in [6, 6.07) is 3.65. The molecule has 0 bridgehead atoms. The van der Waals surface area contributed by atoms with E-state index in [0.29, 0.717) is 30.5 Å².